The van der Waals surface area contributed by atoms with Crippen LogP contribution in [-0.4, -0.2) is 15.0 Å². The van der Waals surface area contributed by atoms with Crippen LogP contribution in [-0.2, 0) is 0 Å². The van der Waals surface area contributed by atoms with Gasteiger partial charge in [-0.05, 0) is 24.3 Å². The van der Waals surface area contributed by atoms with Crippen LogP contribution >= 0.6 is 11.6 Å². The third-order valence-corrected chi connectivity index (χ3v) is 3.65. The Bertz CT molecular complexity index is 991. The predicted molar refractivity (Wildman–Crippen MR) is 99.1 cm³/mol. The molecule has 0 aliphatic carbocycles. The smallest absolute Gasteiger partial charge is 0.227 e. The Kier molecular flexibility index (Phi) is 4.63. The van der Waals surface area contributed by atoms with Crippen LogP contribution in [0.25, 0.3) is 23.5 Å². The first kappa shape index (κ1) is 15.8. The molecule has 0 saturated carbocycles. The van der Waals surface area contributed by atoms with E-state index in [0.29, 0.717) is 11.0 Å². The standard InChI is InChI=1S/C18H16ClN5/c1-2-4-14-15(11-22-17(14)10-20)16-7-8-21-18(24-16)23-13-6-3-5-12(19)9-13/h2-11,22H,1,20H2,(H,21,23,24)/b14-4-,17-10+. The second kappa shape index (κ2) is 7.02. The summed E-state index contributed by atoms with van der Waals surface area (Å²) in [5, 5.41) is 5.54. The minimum Gasteiger partial charge on any atom is -0.403 e. The molecule has 3 rings (SSSR count). The molecule has 0 saturated heterocycles. The van der Waals surface area contributed by atoms with Gasteiger partial charge in [-0.2, -0.15) is 0 Å². The molecule has 5 nitrogen and oxygen atoms in total. The number of rotatable bonds is 4. The van der Waals surface area contributed by atoms with Gasteiger partial charge in [-0.15, -0.1) is 0 Å². The number of hydrogen-bond acceptors (Lipinski definition) is 4. The molecule has 0 unspecified atom stereocenters. The topological polar surface area (TPSA) is 79.6 Å². The molecule has 3 aromatic rings. The summed E-state index contributed by atoms with van der Waals surface area (Å²) in [5.41, 5.74) is 8.16. The summed E-state index contributed by atoms with van der Waals surface area (Å²) in [7, 11) is 0. The highest BCUT2D eigenvalue weighted by atomic mass is 35.5. The van der Waals surface area contributed by atoms with Crippen molar-refractivity contribution in [2.24, 2.45) is 5.73 Å². The lowest BCUT2D eigenvalue weighted by Crippen LogP contribution is -2.25. The van der Waals surface area contributed by atoms with Gasteiger partial charge in [-0.1, -0.05) is 36.4 Å². The summed E-state index contributed by atoms with van der Waals surface area (Å²) < 4.78 is 0. The van der Waals surface area contributed by atoms with E-state index >= 15 is 0 Å². The maximum absolute atomic E-state index is 6.00. The summed E-state index contributed by atoms with van der Waals surface area (Å²) in [4.78, 5) is 11.9. The van der Waals surface area contributed by atoms with Crippen LogP contribution < -0.4 is 21.6 Å². The number of nitrogens with two attached hydrogens (primary N) is 1. The first-order chi connectivity index (χ1) is 11.7. The van der Waals surface area contributed by atoms with Gasteiger partial charge in [0.25, 0.3) is 0 Å². The first-order valence-corrected chi connectivity index (χ1v) is 7.67. The zero-order valence-electron chi connectivity index (χ0n) is 12.8. The van der Waals surface area contributed by atoms with Crippen LogP contribution in [0.5, 0.6) is 0 Å². The number of benzene rings is 1. The molecular weight excluding hydrogens is 322 g/mol. The van der Waals surface area contributed by atoms with E-state index in [1.165, 1.54) is 6.20 Å². The molecule has 24 heavy (non-hydrogen) atoms. The SMILES string of the molecule is C=C/C=c1/c(-c2ccnc(Nc3cccc(Cl)c3)n2)c[nH]/c1=C/N. The molecule has 2 heterocycles. The highest BCUT2D eigenvalue weighted by molar-refractivity contribution is 6.30. The molecule has 0 fully saturated rings. The van der Waals surface area contributed by atoms with Crippen molar-refractivity contribution in [1.82, 2.24) is 15.0 Å². The van der Waals surface area contributed by atoms with E-state index in [0.717, 1.165) is 27.5 Å². The van der Waals surface area contributed by atoms with Crippen LogP contribution in [0.15, 0.2) is 55.4 Å². The fourth-order valence-corrected chi connectivity index (χ4v) is 2.55. The summed E-state index contributed by atoms with van der Waals surface area (Å²) in [6, 6.07) is 9.23. The van der Waals surface area contributed by atoms with Crippen LogP contribution in [0.2, 0.25) is 5.02 Å². The summed E-state index contributed by atoms with van der Waals surface area (Å²) in [6.45, 7) is 3.75. The molecule has 0 aliphatic rings. The van der Waals surface area contributed by atoms with Crippen molar-refractivity contribution in [3.8, 4) is 11.3 Å². The van der Waals surface area contributed by atoms with Crippen molar-refractivity contribution < 1.29 is 0 Å². The normalized spacial score (nSPS) is 12.4. The van der Waals surface area contributed by atoms with E-state index in [1.54, 1.807) is 12.3 Å². The maximum atomic E-state index is 6.00. The van der Waals surface area contributed by atoms with Crippen molar-refractivity contribution in [3.63, 3.8) is 0 Å². The lowest BCUT2D eigenvalue weighted by atomic mass is 10.2. The average molecular weight is 338 g/mol. The molecule has 0 bridgehead atoms. The van der Waals surface area contributed by atoms with E-state index in [2.05, 4.69) is 26.8 Å². The van der Waals surface area contributed by atoms with Gasteiger partial charge in [0.1, 0.15) is 0 Å². The zero-order valence-corrected chi connectivity index (χ0v) is 13.6. The molecule has 0 radical (unpaired) electrons. The number of halogens is 1. The third kappa shape index (κ3) is 3.31. The minimum atomic E-state index is 0.485. The molecule has 0 atom stereocenters. The molecule has 6 heteroatoms. The van der Waals surface area contributed by atoms with Gasteiger partial charge in [0.05, 0.1) is 11.0 Å². The Morgan fingerprint density at radius 3 is 2.92 bits per heavy atom. The average Bonchev–Trinajstić information content (AvgIpc) is 2.98. The third-order valence-electron chi connectivity index (χ3n) is 3.42. The van der Waals surface area contributed by atoms with Crippen molar-refractivity contribution in [3.05, 3.63) is 71.0 Å². The van der Waals surface area contributed by atoms with Crippen LogP contribution in [0.4, 0.5) is 11.6 Å². The van der Waals surface area contributed by atoms with Gasteiger partial charge in [0, 0.05) is 40.1 Å². The van der Waals surface area contributed by atoms with E-state index in [-0.39, 0.29) is 0 Å². The highest BCUT2D eigenvalue weighted by Gasteiger charge is 2.06. The molecule has 0 spiro atoms. The van der Waals surface area contributed by atoms with Crippen LogP contribution in [0, 0.1) is 0 Å². The Balaban J connectivity index is 2.02. The van der Waals surface area contributed by atoms with Gasteiger partial charge in [-0.3, -0.25) is 0 Å². The fourth-order valence-electron chi connectivity index (χ4n) is 2.36. The van der Waals surface area contributed by atoms with Crippen molar-refractivity contribution in [2.45, 2.75) is 0 Å². The quantitative estimate of drug-likeness (QED) is 0.683. The number of nitrogens with zero attached hydrogens (tertiary/aromatic N) is 2. The Hall–Kier alpha value is -3.05. The number of aromatic amines is 1. The maximum Gasteiger partial charge on any atom is 0.227 e. The Morgan fingerprint density at radius 1 is 1.29 bits per heavy atom. The number of aromatic nitrogens is 3. The van der Waals surface area contributed by atoms with Gasteiger partial charge in [0.2, 0.25) is 5.95 Å². The second-order valence-electron chi connectivity index (χ2n) is 5.00. The Morgan fingerprint density at radius 2 is 2.17 bits per heavy atom. The lowest BCUT2D eigenvalue weighted by Gasteiger charge is -2.06. The number of allylic oxidation sites excluding steroid dienone is 1. The molecule has 1 aromatic carbocycles. The van der Waals surface area contributed by atoms with Gasteiger partial charge >= 0.3 is 0 Å². The molecule has 0 aliphatic heterocycles. The molecule has 120 valence electrons. The number of hydrogen-bond donors (Lipinski definition) is 3. The van der Waals surface area contributed by atoms with Gasteiger partial charge in [0.15, 0.2) is 0 Å². The zero-order chi connectivity index (χ0) is 16.9. The minimum absolute atomic E-state index is 0.485. The monoisotopic (exact) mass is 337 g/mol. The predicted octanol–water partition coefficient (Wildman–Crippen LogP) is 2.53. The van der Waals surface area contributed by atoms with E-state index in [4.69, 9.17) is 17.3 Å². The van der Waals surface area contributed by atoms with Gasteiger partial charge < -0.3 is 16.0 Å². The second-order valence-corrected chi connectivity index (χ2v) is 5.44. The van der Waals surface area contributed by atoms with Crippen molar-refractivity contribution in [2.75, 3.05) is 5.32 Å². The van der Waals surface area contributed by atoms with E-state index in [9.17, 15) is 0 Å². The van der Waals surface area contributed by atoms with E-state index in [1.807, 2.05) is 42.6 Å². The summed E-state index contributed by atoms with van der Waals surface area (Å²) in [5.74, 6) is 0.485. The molecule has 0 amide bonds. The van der Waals surface area contributed by atoms with Crippen molar-refractivity contribution >= 4 is 35.5 Å². The lowest BCUT2D eigenvalue weighted by molar-refractivity contribution is 1.17. The number of nitrogens with one attached hydrogen (secondary N) is 2. The van der Waals surface area contributed by atoms with Crippen LogP contribution in [0.1, 0.15) is 0 Å². The number of anilines is 2. The first-order valence-electron chi connectivity index (χ1n) is 7.29. The van der Waals surface area contributed by atoms with E-state index < -0.39 is 0 Å². The molecule has 4 N–H and O–H groups in total. The molecular formula is C18H16ClN5. The molecule has 2 aromatic heterocycles. The van der Waals surface area contributed by atoms with Crippen LogP contribution in [0.3, 0.4) is 0 Å². The number of H-pyrrole nitrogens is 1. The van der Waals surface area contributed by atoms with Gasteiger partial charge in [-0.25, -0.2) is 9.97 Å². The summed E-state index contributed by atoms with van der Waals surface area (Å²) in [6.07, 6.45) is 8.68. The Labute approximate surface area is 144 Å². The van der Waals surface area contributed by atoms with Crippen molar-refractivity contribution in [1.29, 1.82) is 0 Å². The largest absolute Gasteiger partial charge is 0.403 e. The fraction of sp³-hybridized carbons (Fsp3) is 0. The highest BCUT2D eigenvalue weighted by Crippen LogP contribution is 2.19. The summed E-state index contributed by atoms with van der Waals surface area (Å²) >= 11 is 6.00.